The highest BCUT2D eigenvalue weighted by atomic mass is 15.2. The molecule has 0 unspecified atom stereocenters. The minimum Gasteiger partial charge on any atom is -0.373 e. The molecule has 0 amide bonds. The molecule has 4 nitrogen and oxygen atoms in total. The molecule has 1 aromatic heterocycles. The second-order valence-electron chi connectivity index (χ2n) is 4.60. The van der Waals surface area contributed by atoms with E-state index in [1.54, 1.807) is 0 Å². The Balaban J connectivity index is 2.21. The number of hydrogen-bond donors (Lipinski definition) is 1. The Kier molecular flexibility index (Phi) is 3.27. The van der Waals surface area contributed by atoms with Gasteiger partial charge < -0.3 is 10.2 Å². The van der Waals surface area contributed by atoms with Gasteiger partial charge in [0, 0.05) is 26.2 Å². The second-order valence-corrected chi connectivity index (χ2v) is 4.60. The molecular weight excluding hydrogens is 200 g/mol. The first-order valence-corrected chi connectivity index (χ1v) is 5.97. The third kappa shape index (κ3) is 2.43. The van der Waals surface area contributed by atoms with E-state index in [-0.39, 0.29) is 0 Å². The summed E-state index contributed by atoms with van der Waals surface area (Å²) in [5, 5.41) is 3.08. The Bertz CT molecular complexity index is 364. The van der Waals surface area contributed by atoms with E-state index in [1.807, 2.05) is 20.0 Å². The van der Waals surface area contributed by atoms with Crippen molar-refractivity contribution in [3.63, 3.8) is 0 Å². The van der Waals surface area contributed by atoms with Crippen molar-refractivity contribution in [2.75, 3.05) is 30.4 Å². The summed E-state index contributed by atoms with van der Waals surface area (Å²) in [5.74, 6) is 3.56. The van der Waals surface area contributed by atoms with Crippen LogP contribution in [0.3, 0.4) is 0 Å². The van der Waals surface area contributed by atoms with E-state index in [1.165, 1.54) is 12.8 Å². The maximum absolute atomic E-state index is 4.51. The van der Waals surface area contributed by atoms with Crippen molar-refractivity contribution in [2.45, 2.75) is 26.7 Å². The van der Waals surface area contributed by atoms with Gasteiger partial charge in [0.2, 0.25) is 0 Å². The molecular formula is C12H20N4. The molecule has 1 N–H and O–H groups in total. The Labute approximate surface area is 97.1 Å². The molecule has 0 radical (unpaired) electrons. The van der Waals surface area contributed by atoms with Crippen molar-refractivity contribution in [1.82, 2.24) is 9.97 Å². The van der Waals surface area contributed by atoms with Gasteiger partial charge >= 0.3 is 0 Å². The zero-order chi connectivity index (χ0) is 11.5. The van der Waals surface area contributed by atoms with Gasteiger partial charge in [0.15, 0.2) is 0 Å². The van der Waals surface area contributed by atoms with Crippen LogP contribution in [-0.4, -0.2) is 30.1 Å². The SMILES string of the molecule is CNc1cc(N2CCC[C@H](C)C2)nc(C)n1. The lowest BCUT2D eigenvalue weighted by Crippen LogP contribution is -2.35. The minimum absolute atomic E-state index is 0.766. The fraction of sp³-hybridized carbons (Fsp3) is 0.667. The van der Waals surface area contributed by atoms with Crippen molar-refractivity contribution in [1.29, 1.82) is 0 Å². The third-order valence-electron chi connectivity index (χ3n) is 3.06. The van der Waals surface area contributed by atoms with Gasteiger partial charge in [-0.05, 0) is 25.7 Å². The molecule has 0 aromatic carbocycles. The molecule has 0 saturated carbocycles. The Morgan fingerprint density at radius 2 is 2.25 bits per heavy atom. The fourth-order valence-electron chi connectivity index (χ4n) is 2.24. The van der Waals surface area contributed by atoms with Crippen molar-refractivity contribution >= 4 is 11.6 Å². The number of nitrogens with one attached hydrogen (secondary N) is 1. The van der Waals surface area contributed by atoms with Crippen LogP contribution >= 0.6 is 0 Å². The molecule has 2 rings (SSSR count). The Hall–Kier alpha value is -1.32. The van der Waals surface area contributed by atoms with Gasteiger partial charge in [-0.1, -0.05) is 6.92 Å². The molecule has 0 aliphatic carbocycles. The fourth-order valence-corrected chi connectivity index (χ4v) is 2.24. The van der Waals surface area contributed by atoms with Gasteiger partial charge in [0.05, 0.1) is 0 Å². The third-order valence-corrected chi connectivity index (χ3v) is 3.06. The van der Waals surface area contributed by atoms with Crippen LogP contribution in [-0.2, 0) is 0 Å². The Morgan fingerprint density at radius 3 is 2.94 bits per heavy atom. The molecule has 0 spiro atoms. The van der Waals surface area contributed by atoms with Crippen molar-refractivity contribution < 1.29 is 0 Å². The van der Waals surface area contributed by atoms with Crippen molar-refractivity contribution in [3.8, 4) is 0 Å². The smallest absolute Gasteiger partial charge is 0.134 e. The van der Waals surface area contributed by atoms with E-state index in [9.17, 15) is 0 Å². The number of rotatable bonds is 2. The first-order chi connectivity index (χ1) is 7.69. The maximum Gasteiger partial charge on any atom is 0.134 e. The van der Waals surface area contributed by atoms with Crippen LogP contribution in [0.2, 0.25) is 0 Å². The molecule has 2 heterocycles. The van der Waals surface area contributed by atoms with Crippen LogP contribution < -0.4 is 10.2 Å². The molecule has 1 atom stereocenters. The van der Waals surface area contributed by atoms with Gasteiger partial charge in [-0.15, -0.1) is 0 Å². The van der Waals surface area contributed by atoms with E-state index in [4.69, 9.17) is 0 Å². The number of anilines is 2. The summed E-state index contributed by atoms with van der Waals surface area (Å²) in [4.78, 5) is 11.2. The van der Waals surface area contributed by atoms with Gasteiger partial charge in [-0.25, -0.2) is 9.97 Å². The van der Waals surface area contributed by atoms with Crippen LogP contribution in [0.5, 0.6) is 0 Å². The lowest BCUT2D eigenvalue weighted by molar-refractivity contribution is 0.444. The standard InChI is InChI=1S/C12H20N4/c1-9-5-4-6-16(8-9)12-7-11(13-3)14-10(2)15-12/h7,9H,4-6,8H2,1-3H3,(H,13,14,15)/t9-/m0/s1. The summed E-state index contributed by atoms with van der Waals surface area (Å²) in [6.07, 6.45) is 2.60. The van der Waals surface area contributed by atoms with Gasteiger partial charge in [0.25, 0.3) is 0 Å². The highest BCUT2D eigenvalue weighted by Gasteiger charge is 2.18. The summed E-state index contributed by atoms with van der Waals surface area (Å²) in [5.41, 5.74) is 0. The van der Waals surface area contributed by atoms with E-state index < -0.39 is 0 Å². The monoisotopic (exact) mass is 220 g/mol. The van der Waals surface area contributed by atoms with E-state index in [0.717, 1.165) is 36.5 Å². The zero-order valence-electron chi connectivity index (χ0n) is 10.3. The molecule has 1 fully saturated rings. The maximum atomic E-state index is 4.51. The summed E-state index contributed by atoms with van der Waals surface area (Å²) in [6.45, 7) is 6.47. The van der Waals surface area contributed by atoms with Crippen molar-refractivity contribution in [3.05, 3.63) is 11.9 Å². The van der Waals surface area contributed by atoms with Gasteiger partial charge in [-0.3, -0.25) is 0 Å². The summed E-state index contributed by atoms with van der Waals surface area (Å²) in [7, 11) is 1.89. The van der Waals surface area contributed by atoms with Gasteiger partial charge in [0.1, 0.15) is 17.5 Å². The molecule has 88 valence electrons. The predicted molar refractivity (Wildman–Crippen MR) is 66.9 cm³/mol. The second kappa shape index (κ2) is 4.68. The number of aromatic nitrogens is 2. The number of aryl methyl sites for hydroxylation is 1. The van der Waals surface area contributed by atoms with E-state index >= 15 is 0 Å². The highest BCUT2D eigenvalue weighted by Crippen LogP contribution is 2.22. The average Bonchev–Trinajstić information content (AvgIpc) is 2.28. The van der Waals surface area contributed by atoms with Crippen LogP contribution in [0.4, 0.5) is 11.6 Å². The van der Waals surface area contributed by atoms with Crippen LogP contribution in [0.15, 0.2) is 6.07 Å². The van der Waals surface area contributed by atoms with Crippen LogP contribution in [0.25, 0.3) is 0 Å². The largest absolute Gasteiger partial charge is 0.373 e. The number of hydrogen-bond acceptors (Lipinski definition) is 4. The summed E-state index contributed by atoms with van der Waals surface area (Å²) in [6, 6.07) is 2.03. The quantitative estimate of drug-likeness (QED) is 0.828. The predicted octanol–water partition coefficient (Wildman–Crippen LogP) is 2.06. The summed E-state index contributed by atoms with van der Waals surface area (Å²) < 4.78 is 0. The molecule has 1 saturated heterocycles. The number of nitrogens with zero attached hydrogens (tertiary/aromatic N) is 3. The molecule has 1 aliphatic rings. The topological polar surface area (TPSA) is 41.0 Å². The minimum atomic E-state index is 0.766. The molecule has 1 aromatic rings. The van der Waals surface area contributed by atoms with E-state index in [2.05, 4.69) is 27.1 Å². The lowest BCUT2D eigenvalue weighted by atomic mass is 10.0. The zero-order valence-corrected chi connectivity index (χ0v) is 10.3. The summed E-state index contributed by atoms with van der Waals surface area (Å²) >= 11 is 0. The number of piperidine rings is 1. The lowest BCUT2D eigenvalue weighted by Gasteiger charge is -2.32. The first kappa shape index (κ1) is 11.2. The van der Waals surface area contributed by atoms with Crippen molar-refractivity contribution in [2.24, 2.45) is 5.92 Å². The molecule has 0 bridgehead atoms. The van der Waals surface area contributed by atoms with Crippen LogP contribution in [0.1, 0.15) is 25.6 Å². The Morgan fingerprint density at radius 1 is 1.44 bits per heavy atom. The normalized spacial score (nSPS) is 20.9. The molecule has 1 aliphatic heterocycles. The molecule has 4 heteroatoms. The first-order valence-electron chi connectivity index (χ1n) is 5.97. The van der Waals surface area contributed by atoms with E-state index in [0.29, 0.717) is 0 Å². The van der Waals surface area contributed by atoms with Crippen LogP contribution in [0, 0.1) is 12.8 Å². The molecule has 16 heavy (non-hydrogen) atoms. The van der Waals surface area contributed by atoms with Gasteiger partial charge in [-0.2, -0.15) is 0 Å². The highest BCUT2D eigenvalue weighted by molar-refractivity contribution is 5.49. The average molecular weight is 220 g/mol.